The first kappa shape index (κ1) is 13.8. The van der Waals surface area contributed by atoms with Crippen LogP contribution in [0.1, 0.15) is 45.4 Å². The molecule has 2 saturated heterocycles. The summed E-state index contributed by atoms with van der Waals surface area (Å²) in [5.41, 5.74) is 0. The molecular formula is C14H27N3O. The lowest BCUT2D eigenvalue weighted by Crippen LogP contribution is -2.43. The van der Waals surface area contributed by atoms with Gasteiger partial charge in [-0.05, 0) is 45.7 Å². The van der Waals surface area contributed by atoms with Crippen molar-refractivity contribution >= 4 is 5.91 Å². The van der Waals surface area contributed by atoms with Crippen molar-refractivity contribution in [2.45, 2.75) is 57.5 Å². The van der Waals surface area contributed by atoms with E-state index in [0.29, 0.717) is 18.5 Å². The molecule has 1 amide bonds. The van der Waals surface area contributed by atoms with Crippen molar-refractivity contribution in [1.29, 1.82) is 0 Å². The molecule has 0 aromatic heterocycles. The Balaban J connectivity index is 1.57. The van der Waals surface area contributed by atoms with Gasteiger partial charge in [0.05, 0.1) is 0 Å². The topological polar surface area (TPSA) is 44.4 Å². The fraction of sp³-hybridized carbons (Fsp3) is 0.929. The van der Waals surface area contributed by atoms with Crippen LogP contribution in [0.4, 0.5) is 0 Å². The third-order valence-electron chi connectivity index (χ3n) is 4.26. The number of nitrogens with one attached hydrogen (secondary N) is 2. The van der Waals surface area contributed by atoms with Gasteiger partial charge in [-0.3, -0.25) is 9.69 Å². The van der Waals surface area contributed by atoms with E-state index in [4.69, 9.17) is 0 Å². The smallest absolute Gasteiger partial charge is 0.221 e. The van der Waals surface area contributed by atoms with Gasteiger partial charge in [0, 0.05) is 31.6 Å². The summed E-state index contributed by atoms with van der Waals surface area (Å²) in [6, 6.07) is 1.10. The Kier molecular flexibility index (Phi) is 5.45. The van der Waals surface area contributed by atoms with E-state index in [-0.39, 0.29) is 5.91 Å². The van der Waals surface area contributed by atoms with Crippen molar-refractivity contribution < 1.29 is 4.79 Å². The SMILES string of the molecule is CC1CCCCN1CCNC(=O)CC1CCCN1. The predicted octanol–water partition coefficient (Wildman–Crippen LogP) is 1.12. The molecule has 0 saturated carbocycles. The van der Waals surface area contributed by atoms with Crippen molar-refractivity contribution in [3.63, 3.8) is 0 Å². The summed E-state index contributed by atoms with van der Waals surface area (Å²) in [6.45, 7) is 6.37. The molecule has 0 radical (unpaired) electrons. The van der Waals surface area contributed by atoms with Gasteiger partial charge < -0.3 is 10.6 Å². The maximum absolute atomic E-state index is 11.8. The Morgan fingerprint density at radius 3 is 2.94 bits per heavy atom. The Morgan fingerprint density at radius 2 is 2.22 bits per heavy atom. The molecule has 2 rings (SSSR count). The van der Waals surface area contributed by atoms with Crippen LogP contribution in [-0.2, 0) is 4.79 Å². The number of hydrogen-bond acceptors (Lipinski definition) is 3. The van der Waals surface area contributed by atoms with Crippen LogP contribution in [0, 0.1) is 0 Å². The minimum absolute atomic E-state index is 0.207. The van der Waals surface area contributed by atoms with Crippen LogP contribution in [0.15, 0.2) is 0 Å². The highest BCUT2D eigenvalue weighted by molar-refractivity contribution is 5.76. The van der Waals surface area contributed by atoms with Gasteiger partial charge in [-0.2, -0.15) is 0 Å². The van der Waals surface area contributed by atoms with E-state index in [0.717, 1.165) is 26.1 Å². The molecule has 0 bridgehead atoms. The third kappa shape index (κ3) is 4.25. The maximum atomic E-state index is 11.8. The monoisotopic (exact) mass is 253 g/mol. The minimum atomic E-state index is 0.207. The van der Waals surface area contributed by atoms with Gasteiger partial charge >= 0.3 is 0 Å². The molecule has 4 nitrogen and oxygen atoms in total. The van der Waals surface area contributed by atoms with Crippen LogP contribution in [0.2, 0.25) is 0 Å². The zero-order valence-corrected chi connectivity index (χ0v) is 11.6. The molecule has 2 aliphatic heterocycles. The molecule has 0 aromatic rings. The average Bonchev–Trinajstić information content (AvgIpc) is 2.84. The molecule has 104 valence electrons. The molecule has 2 heterocycles. The van der Waals surface area contributed by atoms with E-state index in [1.807, 2.05) is 0 Å². The predicted molar refractivity (Wildman–Crippen MR) is 73.5 cm³/mol. The molecule has 4 heteroatoms. The molecule has 2 aliphatic rings. The van der Waals surface area contributed by atoms with Crippen molar-refractivity contribution in [2.24, 2.45) is 0 Å². The number of carbonyl (C=O) groups excluding carboxylic acids is 1. The van der Waals surface area contributed by atoms with Crippen molar-refractivity contribution in [2.75, 3.05) is 26.2 Å². The molecule has 0 aliphatic carbocycles. The average molecular weight is 253 g/mol. The third-order valence-corrected chi connectivity index (χ3v) is 4.26. The lowest BCUT2D eigenvalue weighted by atomic mass is 10.0. The molecule has 2 N–H and O–H groups in total. The zero-order chi connectivity index (χ0) is 12.8. The lowest BCUT2D eigenvalue weighted by molar-refractivity contribution is -0.121. The van der Waals surface area contributed by atoms with Crippen LogP contribution < -0.4 is 10.6 Å². The van der Waals surface area contributed by atoms with E-state index in [2.05, 4.69) is 22.5 Å². The molecular weight excluding hydrogens is 226 g/mol. The van der Waals surface area contributed by atoms with Gasteiger partial charge in [-0.1, -0.05) is 6.42 Å². The molecule has 2 unspecified atom stereocenters. The standard InChI is InChI=1S/C14H27N3O/c1-12-5-2-3-9-17(12)10-8-16-14(18)11-13-6-4-7-15-13/h12-13,15H,2-11H2,1H3,(H,16,18). The number of hydrogen-bond donors (Lipinski definition) is 2. The first-order chi connectivity index (χ1) is 8.75. The van der Waals surface area contributed by atoms with E-state index in [1.165, 1.54) is 32.2 Å². The Morgan fingerprint density at radius 1 is 1.33 bits per heavy atom. The molecule has 0 spiro atoms. The summed E-state index contributed by atoms with van der Waals surface area (Å²) >= 11 is 0. The second-order valence-corrected chi connectivity index (χ2v) is 5.73. The van der Waals surface area contributed by atoms with Crippen LogP contribution in [0.25, 0.3) is 0 Å². The fourth-order valence-electron chi connectivity index (χ4n) is 3.06. The molecule has 2 atom stereocenters. The van der Waals surface area contributed by atoms with Crippen molar-refractivity contribution in [3.8, 4) is 0 Å². The van der Waals surface area contributed by atoms with E-state index >= 15 is 0 Å². The number of likely N-dealkylation sites (tertiary alicyclic amines) is 1. The molecule has 0 aromatic carbocycles. The number of piperidine rings is 1. The Hall–Kier alpha value is -0.610. The van der Waals surface area contributed by atoms with E-state index in [1.54, 1.807) is 0 Å². The van der Waals surface area contributed by atoms with Gasteiger partial charge in [-0.25, -0.2) is 0 Å². The normalized spacial score (nSPS) is 29.4. The van der Waals surface area contributed by atoms with Gasteiger partial charge in [0.2, 0.25) is 5.91 Å². The fourth-order valence-corrected chi connectivity index (χ4v) is 3.06. The van der Waals surface area contributed by atoms with E-state index < -0.39 is 0 Å². The van der Waals surface area contributed by atoms with Crippen LogP contribution in [0.3, 0.4) is 0 Å². The minimum Gasteiger partial charge on any atom is -0.355 e. The Bertz CT molecular complexity index is 264. The van der Waals surface area contributed by atoms with Gasteiger partial charge in [0.1, 0.15) is 0 Å². The molecule has 18 heavy (non-hydrogen) atoms. The lowest BCUT2D eigenvalue weighted by Gasteiger charge is -2.33. The number of rotatable bonds is 5. The summed E-state index contributed by atoms with van der Waals surface area (Å²) in [5.74, 6) is 0.207. The summed E-state index contributed by atoms with van der Waals surface area (Å²) in [7, 11) is 0. The first-order valence-corrected chi connectivity index (χ1v) is 7.50. The van der Waals surface area contributed by atoms with Gasteiger partial charge in [0.25, 0.3) is 0 Å². The van der Waals surface area contributed by atoms with Gasteiger partial charge in [-0.15, -0.1) is 0 Å². The number of amides is 1. The maximum Gasteiger partial charge on any atom is 0.221 e. The largest absolute Gasteiger partial charge is 0.355 e. The summed E-state index contributed by atoms with van der Waals surface area (Å²) < 4.78 is 0. The highest BCUT2D eigenvalue weighted by Crippen LogP contribution is 2.15. The Labute approximate surface area is 110 Å². The first-order valence-electron chi connectivity index (χ1n) is 7.50. The highest BCUT2D eigenvalue weighted by Gasteiger charge is 2.19. The highest BCUT2D eigenvalue weighted by atomic mass is 16.1. The summed E-state index contributed by atoms with van der Waals surface area (Å²) in [6.07, 6.45) is 6.98. The van der Waals surface area contributed by atoms with Crippen LogP contribution in [0.5, 0.6) is 0 Å². The second kappa shape index (κ2) is 7.10. The summed E-state index contributed by atoms with van der Waals surface area (Å²) in [4.78, 5) is 14.3. The molecule has 2 fully saturated rings. The van der Waals surface area contributed by atoms with E-state index in [9.17, 15) is 4.79 Å². The quantitative estimate of drug-likeness (QED) is 0.772. The van der Waals surface area contributed by atoms with Crippen LogP contribution in [-0.4, -0.2) is 49.1 Å². The zero-order valence-electron chi connectivity index (χ0n) is 11.6. The summed E-state index contributed by atoms with van der Waals surface area (Å²) in [5, 5.41) is 6.42. The number of carbonyl (C=O) groups is 1. The second-order valence-electron chi connectivity index (χ2n) is 5.73. The number of nitrogens with zero attached hydrogens (tertiary/aromatic N) is 1. The van der Waals surface area contributed by atoms with Crippen LogP contribution >= 0.6 is 0 Å². The van der Waals surface area contributed by atoms with Crippen molar-refractivity contribution in [3.05, 3.63) is 0 Å². The van der Waals surface area contributed by atoms with Gasteiger partial charge in [0.15, 0.2) is 0 Å². The van der Waals surface area contributed by atoms with Crippen molar-refractivity contribution in [1.82, 2.24) is 15.5 Å².